The summed E-state index contributed by atoms with van der Waals surface area (Å²) in [5.41, 5.74) is 0.495. The van der Waals surface area contributed by atoms with E-state index >= 15 is 0 Å². The molecule has 15 heavy (non-hydrogen) atoms. The van der Waals surface area contributed by atoms with Crippen LogP contribution in [-0.2, 0) is 9.47 Å². The summed E-state index contributed by atoms with van der Waals surface area (Å²) in [7, 11) is 1.56. The van der Waals surface area contributed by atoms with E-state index in [-0.39, 0.29) is 12.1 Å². The van der Waals surface area contributed by atoms with Crippen LogP contribution in [-0.4, -0.2) is 32.4 Å². The first-order chi connectivity index (χ1) is 7.29. The Bertz CT molecular complexity index is 357. The third-order valence-electron chi connectivity index (χ3n) is 2.11. The second-order valence-corrected chi connectivity index (χ2v) is 3.29. The molecule has 0 aliphatic carbocycles. The number of carbonyl (C=O) groups excluding carboxylic acids is 1. The Morgan fingerprint density at radius 3 is 3.07 bits per heavy atom. The molecule has 4 heteroatoms. The lowest BCUT2D eigenvalue weighted by atomic mass is 10.2. The molecule has 1 aliphatic rings. The van der Waals surface area contributed by atoms with Crippen LogP contribution >= 0.6 is 0 Å². The molecule has 4 nitrogen and oxygen atoms in total. The monoisotopic (exact) mass is 208 g/mol. The second kappa shape index (κ2) is 4.31. The molecule has 0 bridgehead atoms. The molecule has 1 aromatic rings. The van der Waals surface area contributed by atoms with Crippen molar-refractivity contribution in [3.8, 4) is 5.75 Å². The summed E-state index contributed by atoms with van der Waals surface area (Å²) in [5, 5.41) is 0. The molecule has 1 atom stereocenters. The van der Waals surface area contributed by atoms with Crippen LogP contribution in [0.4, 0.5) is 0 Å². The fraction of sp³-hybridized carbons (Fsp3) is 0.364. The Morgan fingerprint density at radius 2 is 2.40 bits per heavy atom. The zero-order valence-corrected chi connectivity index (χ0v) is 8.43. The van der Waals surface area contributed by atoms with E-state index in [0.29, 0.717) is 24.5 Å². The predicted octanol–water partition coefficient (Wildman–Crippen LogP) is 1.25. The minimum atomic E-state index is -0.343. The minimum Gasteiger partial charge on any atom is -0.497 e. The molecule has 80 valence electrons. The van der Waals surface area contributed by atoms with Crippen LogP contribution in [0.3, 0.4) is 0 Å². The average Bonchev–Trinajstić information content (AvgIpc) is 3.10. The highest BCUT2D eigenvalue weighted by Crippen LogP contribution is 2.15. The first-order valence-electron chi connectivity index (χ1n) is 4.72. The van der Waals surface area contributed by atoms with Gasteiger partial charge in [0.1, 0.15) is 18.5 Å². The SMILES string of the molecule is COc1cccc(C(=O)OCC2CO2)c1. The molecule has 1 aromatic carbocycles. The maximum atomic E-state index is 11.5. The van der Waals surface area contributed by atoms with E-state index in [4.69, 9.17) is 14.2 Å². The van der Waals surface area contributed by atoms with E-state index in [2.05, 4.69) is 0 Å². The molecule has 0 aromatic heterocycles. The number of rotatable bonds is 4. The van der Waals surface area contributed by atoms with Gasteiger partial charge in [0.25, 0.3) is 0 Å². The summed E-state index contributed by atoms with van der Waals surface area (Å²) in [6.45, 7) is 1.02. The van der Waals surface area contributed by atoms with Crippen molar-refractivity contribution in [3.05, 3.63) is 29.8 Å². The van der Waals surface area contributed by atoms with Gasteiger partial charge in [0.15, 0.2) is 0 Å². The van der Waals surface area contributed by atoms with Crippen LogP contribution in [0.15, 0.2) is 24.3 Å². The fourth-order valence-electron chi connectivity index (χ4n) is 1.17. The zero-order valence-electron chi connectivity index (χ0n) is 8.43. The molecule has 0 amide bonds. The molecule has 0 N–H and O–H groups in total. The summed E-state index contributed by atoms with van der Waals surface area (Å²) in [5.74, 6) is 0.302. The highest BCUT2D eigenvalue weighted by molar-refractivity contribution is 5.89. The van der Waals surface area contributed by atoms with E-state index in [9.17, 15) is 4.79 Å². The van der Waals surface area contributed by atoms with Gasteiger partial charge in [-0.3, -0.25) is 0 Å². The molecule has 0 saturated carbocycles. The number of ether oxygens (including phenoxy) is 3. The number of methoxy groups -OCH3 is 1. The van der Waals surface area contributed by atoms with Crippen molar-refractivity contribution in [1.82, 2.24) is 0 Å². The van der Waals surface area contributed by atoms with Crippen molar-refractivity contribution in [1.29, 1.82) is 0 Å². The van der Waals surface area contributed by atoms with Crippen molar-refractivity contribution < 1.29 is 19.0 Å². The molecule has 1 saturated heterocycles. The summed E-state index contributed by atoms with van der Waals surface area (Å²) < 4.78 is 15.0. The maximum absolute atomic E-state index is 11.5. The van der Waals surface area contributed by atoms with Crippen molar-refractivity contribution in [2.45, 2.75) is 6.10 Å². The Morgan fingerprint density at radius 1 is 1.60 bits per heavy atom. The Balaban J connectivity index is 1.96. The largest absolute Gasteiger partial charge is 0.497 e. The number of hydrogen-bond donors (Lipinski definition) is 0. The summed E-state index contributed by atoms with van der Waals surface area (Å²) in [6.07, 6.45) is 0.0968. The smallest absolute Gasteiger partial charge is 0.338 e. The number of carbonyl (C=O) groups is 1. The molecular weight excluding hydrogens is 196 g/mol. The number of esters is 1. The van der Waals surface area contributed by atoms with Crippen molar-refractivity contribution >= 4 is 5.97 Å². The van der Waals surface area contributed by atoms with Crippen LogP contribution < -0.4 is 4.74 Å². The lowest BCUT2D eigenvalue weighted by Crippen LogP contribution is -2.09. The van der Waals surface area contributed by atoms with E-state index < -0.39 is 0 Å². The van der Waals surface area contributed by atoms with Gasteiger partial charge in [-0.05, 0) is 18.2 Å². The number of epoxide rings is 1. The Kier molecular flexibility index (Phi) is 2.87. The molecule has 2 rings (SSSR count). The van der Waals surface area contributed by atoms with Crippen molar-refractivity contribution in [2.24, 2.45) is 0 Å². The lowest BCUT2D eigenvalue weighted by Gasteiger charge is -2.04. The van der Waals surface area contributed by atoms with E-state index in [0.717, 1.165) is 0 Å². The van der Waals surface area contributed by atoms with Gasteiger partial charge in [-0.15, -0.1) is 0 Å². The van der Waals surface area contributed by atoms with Crippen molar-refractivity contribution in [3.63, 3.8) is 0 Å². The molecule has 0 radical (unpaired) electrons. The van der Waals surface area contributed by atoms with Crippen LogP contribution in [0.5, 0.6) is 5.75 Å². The summed E-state index contributed by atoms with van der Waals surface area (Å²) >= 11 is 0. The number of hydrogen-bond acceptors (Lipinski definition) is 4. The van der Waals surface area contributed by atoms with Gasteiger partial charge in [0.2, 0.25) is 0 Å². The van der Waals surface area contributed by atoms with Crippen LogP contribution in [0.25, 0.3) is 0 Å². The third-order valence-corrected chi connectivity index (χ3v) is 2.11. The van der Waals surface area contributed by atoms with Crippen LogP contribution in [0, 0.1) is 0 Å². The first-order valence-corrected chi connectivity index (χ1v) is 4.72. The van der Waals surface area contributed by atoms with Gasteiger partial charge in [0.05, 0.1) is 19.3 Å². The highest BCUT2D eigenvalue weighted by atomic mass is 16.6. The van der Waals surface area contributed by atoms with Gasteiger partial charge in [-0.25, -0.2) is 4.79 Å². The maximum Gasteiger partial charge on any atom is 0.338 e. The Labute approximate surface area is 87.8 Å². The second-order valence-electron chi connectivity index (χ2n) is 3.29. The van der Waals surface area contributed by atoms with Crippen LogP contribution in [0.1, 0.15) is 10.4 Å². The van der Waals surface area contributed by atoms with E-state index in [1.54, 1.807) is 31.4 Å². The standard InChI is InChI=1S/C11H12O4/c1-13-9-4-2-3-8(5-9)11(12)15-7-10-6-14-10/h2-5,10H,6-7H2,1H3. The van der Waals surface area contributed by atoms with E-state index in [1.807, 2.05) is 0 Å². The van der Waals surface area contributed by atoms with Crippen molar-refractivity contribution in [2.75, 3.05) is 20.3 Å². The normalized spacial score (nSPS) is 18.3. The Hall–Kier alpha value is -1.55. The molecule has 1 aliphatic heterocycles. The molecule has 0 spiro atoms. The zero-order chi connectivity index (χ0) is 10.7. The summed E-state index contributed by atoms with van der Waals surface area (Å²) in [4.78, 5) is 11.5. The van der Waals surface area contributed by atoms with Crippen LogP contribution in [0.2, 0.25) is 0 Å². The van der Waals surface area contributed by atoms with Gasteiger partial charge in [-0.2, -0.15) is 0 Å². The molecular formula is C11H12O4. The molecule has 1 heterocycles. The average molecular weight is 208 g/mol. The number of benzene rings is 1. The quantitative estimate of drug-likeness (QED) is 0.552. The van der Waals surface area contributed by atoms with Gasteiger partial charge < -0.3 is 14.2 Å². The van der Waals surface area contributed by atoms with Gasteiger partial charge in [-0.1, -0.05) is 6.07 Å². The fourth-order valence-corrected chi connectivity index (χ4v) is 1.17. The topological polar surface area (TPSA) is 48.1 Å². The lowest BCUT2D eigenvalue weighted by molar-refractivity contribution is 0.0476. The third kappa shape index (κ3) is 2.70. The predicted molar refractivity (Wildman–Crippen MR) is 53.0 cm³/mol. The van der Waals surface area contributed by atoms with Gasteiger partial charge >= 0.3 is 5.97 Å². The van der Waals surface area contributed by atoms with Gasteiger partial charge in [0, 0.05) is 0 Å². The summed E-state index contributed by atoms with van der Waals surface area (Å²) in [6, 6.07) is 6.87. The van der Waals surface area contributed by atoms with E-state index in [1.165, 1.54) is 0 Å². The molecule has 1 fully saturated rings. The first kappa shape index (κ1) is 9.98. The minimum absolute atomic E-state index is 0.0968. The highest BCUT2D eigenvalue weighted by Gasteiger charge is 2.24. The molecule has 1 unspecified atom stereocenters.